The van der Waals surface area contributed by atoms with Gasteiger partial charge in [0.25, 0.3) is 0 Å². The Morgan fingerprint density at radius 2 is 2.00 bits per heavy atom. The Kier molecular flexibility index (Phi) is 6.51. The minimum absolute atomic E-state index is 0.00266. The van der Waals surface area contributed by atoms with E-state index in [1.165, 1.54) is 0 Å². The molecule has 2 aromatic heterocycles. The first-order valence-corrected chi connectivity index (χ1v) is 11.0. The van der Waals surface area contributed by atoms with Crippen LogP contribution in [0.3, 0.4) is 0 Å². The lowest BCUT2D eigenvalue weighted by Gasteiger charge is -2.45. The van der Waals surface area contributed by atoms with E-state index in [0.29, 0.717) is 17.7 Å². The van der Waals surface area contributed by atoms with E-state index in [4.69, 9.17) is 10.5 Å². The molecule has 1 saturated heterocycles. The molecule has 0 unspecified atom stereocenters. The number of benzene rings is 1. The van der Waals surface area contributed by atoms with Crippen molar-refractivity contribution in [2.24, 2.45) is 0 Å². The molecule has 4 rings (SSSR count). The number of nitrogens with two attached hydrogens (primary N) is 1. The highest BCUT2D eigenvalue weighted by molar-refractivity contribution is 5.99. The average molecular weight is 449 g/mol. The number of aliphatic hydroxyl groups is 2. The van der Waals surface area contributed by atoms with Crippen molar-refractivity contribution in [3.8, 4) is 11.3 Å². The number of anilines is 1. The minimum atomic E-state index is -1.30. The van der Waals surface area contributed by atoms with Crippen LogP contribution in [0.25, 0.3) is 11.3 Å². The van der Waals surface area contributed by atoms with Gasteiger partial charge >= 0.3 is 0 Å². The van der Waals surface area contributed by atoms with Gasteiger partial charge < -0.3 is 20.7 Å². The Morgan fingerprint density at radius 3 is 2.70 bits per heavy atom. The predicted octanol–water partition coefficient (Wildman–Crippen LogP) is 2.90. The van der Waals surface area contributed by atoms with Crippen molar-refractivity contribution in [2.75, 3.05) is 5.73 Å². The highest BCUT2D eigenvalue weighted by Gasteiger charge is 2.47. The van der Waals surface area contributed by atoms with Crippen molar-refractivity contribution in [2.45, 2.75) is 57.0 Å². The van der Waals surface area contributed by atoms with E-state index in [1.807, 2.05) is 37.3 Å². The van der Waals surface area contributed by atoms with Crippen molar-refractivity contribution in [1.82, 2.24) is 15.0 Å². The van der Waals surface area contributed by atoms with Crippen LogP contribution in [-0.4, -0.2) is 48.8 Å². The Labute approximate surface area is 192 Å². The van der Waals surface area contributed by atoms with Crippen LogP contribution in [0.4, 0.5) is 5.82 Å². The van der Waals surface area contributed by atoms with E-state index in [1.54, 1.807) is 31.6 Å². The minimum Gasteiger partial charge on any atom is -0.390 e. The van der Waals surface area contributed by atoms with Gasteiger partial charge in [-0.2, -0.15) is 0 Å². The van der Waals surface area contributed by atoms with Crippen LogP contribution in [-0.2, 0) is 11.2 Å². The zero-order valence-corrected chi connectivity index (χ0v) is 18.7. The number of ketones is 1. The number of aromatic nitrogens is 3. The quantitative estimate of drug-likeness (QED) is 0.491. The molecule has 4 N–H and O–H groups in total. The molecule has 172 valence electrons. The van der Waals surface area contributed by atoms with Gasteiger partial charge in [-0.3, -0.25) is 9.78 Å². The maximum Gasteiger partial charge on any atom is 0.189 e. The Balaban J connectivity index is 1.60. The summed E-state index contributed by atoms with van der Waals surface area (Å²) in [7, 11) is 0. The van der Waals surface area contributed by atoms with Gasteiger partial charge in [0.05, 0.1) is 30.2 Å². The second-order valence-electron chi connectivity index (χ2n) is 8.39. The lowest BCUT2D eigenvalue weighted by Crippen LogP contribution is -2.56. The number of aliphatic hydroxyl groups excluding tert-OH is 1. The maximum absolute atomic E-state index is 13.2. The molecule has 1 aliphatic heterocycles. The zero-order chi connectivity index (χ0) is 23.6. The fraction of sp³-hybridized carbons (Fsp3) is 0.360. The maximum atomic E-state index is 13.2. The fourth-order valence-corrected chi connectivity index (χ4v) is 4.33. The van der Waals surface area contributed by atoms with Gasteiger partial charge in [-0.15, -0.1) is 0 Å². The number of carbonyl (C=O) groups is 1. The van der Waals surface area contributed by atoms with Crippen molar-refractivity contribution in [1.29, 1.82) is 0 Å². The van der Waals surface area contributed by atoms with E-state index in [9.17, 15) is 15.0 Å². The molecule has 1 aliphatic rings. The summed E-state index contributed by atoms with van der Waals surface area (Å²) in [5.41, 5.74) is 7.58. The summed E-state index contributed by atoms with van der Waals surface area (Å²) in [5, 5.41) is 21.3. The van der Waals surface area contributed by atoms with Crippen molar-refractivity contribution in [3.63, 3.8) is 0 Å². The summed E-state index contributed by atoms with van der Waals surface area (Å²) in [4.78, 5) is 26.0. The number of Topliss-reactive ketones (excluding diaryl/α,β-unsaturated/α-hetero) is 1. The molecular formula is C25H28N4O4. The van der Waals surface area contributed by atoms with Gasteiger partial charge in [0.15, 0.2) is 11.6 Å². The molecule has 1 aromatic carbocycles. The summed E-state index contributed by atoms with van der Waals surface area (Å²) in [6, 6.07) is 11.2. The van der Waals surface area contributed by atoms with Gasteiger partial charge in [0.1, 0.15) is 11.3 Å². The molecule has 3 aromatic rings. The normalized spacial score (nSPS) is 25.0. The van der Waals surface area contributed by atoms with Crippen LogP contribution in [0.5, 0.6) is 0 Å². The molecule has 3 heterocycles. The van der Waals surface area contributed by atoms with Crippen LogP contribution in [0.15, 0.2) is 55.0 Å². The number of carbonyl (C=O) groups excluding carboxylic acids is 1. The van der Waals surface area contributed by atoms with E-state index in [-0.39, 0.29) is 30.1 Å². The van der Waals surface area contributed by atoms with Gasteiger partial charge in [0.2, 0.25) is 0 Å². The van der Waals surface area contributed by atoms with Crippen molar-refractivity contribution in [3.05, 3.63) is 71.8 Å². The second kappa shape index (κ2) is 9.35. The lowest BCUT2D eigenvalue weighted by atomic mass is 9.81. The lowest BCUT2D eigenvalue weighted by molar-refractivity contribution is -0.224. The molecule has 0 saturated carbocycles. The smallest absolute Gasteiger partial charge is 0.189 e. The number of ether oxygens (including phenoxy) is 1. The second-order valence-corrected chi connectivity index (χ2v) is 8.39. The number of pyridine rings is 1. The molecular weight excluding hydrogens is 420 g/mol. The molecule has 1 fully saturated rings. The largest absolute Gasteiger partial charge is 0.390 e. The molecule has 0 amide bonds. The highest BCUT2D eigenvalue weighted by Crippen LogP contribution is 2.39. The summed E-state index contributed by atoms with van der Waals surface area (Å²) in [5.74, 6) is -0.224. The van der Waals surface area contributed by atoms with Crippen molar-refractivity contribution < 1.29 is 19.7 Å². The Hall–Kier alpha value is -3.20. The average Bonchev–Trinajstić information content (AvgIpc) is 2.83. The predicted molar refractivity (Wildman–Crippen MR) is 123 cm³/mol. The Bertz CT molecular complexity index is 1130. The molecule has 33 heavy (non-hydrogen) atoms. The standard InChI is InChI=1S/C25H28N4O4/c1-3-25(32)15(2)33-21(12-22(25)31)18-9-10-27-13-17(18)11-20(30)23-24(26)28-14-19(29-23)16-7-5-4-6-8-16/h4-10,13-15,21-22,31-32H,3,11-12H2,1-2H3,(H2,26,28)/t15-,21-,22-,25-/m1/s1. The van der Waals surface area contributed by atoms with Crippen molar-refractivity contribution >= 4 is 11.6 Å². The molecule has 0 aliphatic carbocycles. The van der Waals surface area contributed by atoms with Crippen LogP contribution in [0.2, 0.25) is 0 Å². The zero-order valence-electron chi connectivity index (χ0n) is 18.7. The van der Waals surface area contributed by atoms with Gasteiger partial charge in [-0.05, 0) is 30.5 Å². The number of hydrogen-bond donors (Lipinski definition) is 3. The first kappa shape index (κ1) is 23.0. The first-order valence-electron chi connectivity index (χ1n) is 11.0. The third-order valence-corrected chi connectivity index (χ3v) is 6.43. The number of nitrogens with zero attached hydrogens (tertiary/aromatic N) is 3. The summed E-state index contributed by atoms with van der Waals surface area (Å²) in [6.07, 6.45) is 3.37. The third-order valence-electron chi connectivity index (χ3n) is 6.43. The molecule has 0 spiro atoms. The molecule has 0 radical (unpaired) electrons. The van der Waals surface area contributed by atoms with E-state index in [0.717, 1.165) is 11.1 Å². The Morgan fingerprint density at radius 1 is 1.24 bits per heavy atom. The molecule has 8 heteroatoms. The van der Waals surface area contributed by atoms with Crippen LogP contribution < -0.4 is 5.73 Å². The summed E-state index contributed by atoms with van der Waals surface area (Å²) >= 11 is 0. The van der Waals surface area contributed by atoms with E-state index < -0.39 is 23.9 Å². The van der Waals surface area contributed by atoms with Crippen LogP contribution in [0.1, 0.15) is 54.4 Å². The van der Waals surface area contributed by atoms with Crippen LogP contribution in [0, 0.1) is 0 Å². The summed E-state index contributed by atoms with van der Waals surface area (Å²) in [6.45, 7) is 3.56. The van der Waals surface area contributed by atoms with E-state index in [2.05, 4.69) is 15.0 Å². The van der Waals surface area contributed by atoms with Crippen LogP contribution >= 0.6 is 0 Å². The highest BCUT2D eigenvalue weighted by atomic mass is 16.5. The molecule has 8 nitrogen and oxygen atoms in total. The molecule has 0 bridgehead atoms. The SMILES string of the molecule is CC[C@]1(O)[C@H](O)C[C@H](c2ccncc2CC(=O)c2nc(-c3ccccc3)cnc2N)O[C@@H]1C. The fourth-order valence-electron chi connectivity index (χ4n) is 4.33. The van der Waals surface area contributed by atoms with Gasteiger partial charge in [-0.25, -0.2) is 9.97 Å². The molecule has 4 atom stereocenters. The number of hydrogen-bond acceptors (Lipinski definition) is 8. The van der Waals surface area contributed by atoms with Gasteiger partial charge in [-0.1, -0.05) is 37.3 Å². The summed E-state index contributed by atoms with van der Waals surface area (Å²) < 4.78 is 6.08. The van der Waals surface area contributed by atoms with E-state index >= 15 is 0 Å². The first-order chi connectivity index (χ1) is 15.8. The monoisotopic (exact) mass is 448 g/mol. The number of rotatable bonds is 6. The topological polar surface area (TPSA) is 131 Å². The third kappa shape index (κ3) is 4.50. The van der Waals surface area contributed by atoms with Gasteiger partial charge in [0, 0.05) is 30.8 Å². The number of nitrogen functional groups attached to an aromatic ring is 1.